The molecule has 2 heterocycles. The van der Waals surface area contributed by atoms with Crippen LogP contribution in [0.2, 0.25) is 0 Å². The molecule has 2 N–H and O–H groups in total. The van der Waals surface area contributed by atoms with Crippen LogP contribution < -0.4 is 20.1 Å². The van der Waals surface area contributed by atoms with E-state index < -0.39 is 0 Å². The number of amides is 1. The third-order valence-electron chi connectivity index (χ3n) is 3.85. The maximum Gasteiger partial charge on any atom is 0.250 e. The molecule has 0 unspecified atom stereocenters. The Morgan fingerprint density at radius 1 is 1.48 bits per heavy atom. The van der Waals surface area contributed by atoms with Crippen LogP contribution in [-0.4, -0.2) is 38.8 Å². The van der Waals surface area contributed by atoms with Gasteiger partial charge in [-0.3, -0.25) is 4.79 Å². The molecule has 3 rings (SSSR count). The summed E-state index contributed by atoms with van der Waals surface area (Å²) in [7, 11) is 1.61. The van der Waals surface area contributed by atoms with E-state index >= 15 is 0 Å². The average Bonchev–Trinajstić information content (AvgIpc) is 2.54. The van der Waals surface area contributed by atoms with E-state index in [9.17, 15) is 4.79 Å². The third kappa shape index (κ3) is 3.03. The molecule has 5 heteroatoms. The molecular weight excluding hydrogens is 268 g/mol. The fourth-order valence-corrected chi connectivity index (χ4v) is 2.73. The van der Waals surface area contributed by atoms with Gasteiger partial charge in [-0.1, -0.05) is 12.1 Å². The molecule has 0 radical (unpaired) electrons. The molecule has 1 fully saturated rings. The van der Waals surface area contributed by atoms with Gasteiger partial charge in [0, 0.05) is 18.2 Å². The minimum atomic E-state index is -0.0443. The second-order valence-corrected chi connectivity index (χ2v) is 5.35. The quantitative estimate of drug-likeness (QED) is 0.881. The van der Waals surface area contributed by atoms with E-state index in [1.165, 1.54) is 0 Å². The highest BCUT2D eigenvalue weighted by Gasteiger charge is 2.22. The zero-order chi connectivity index (χ0) is 14.7. The van der Waals surface area contributed by atoms with Crippen molar-refractivity contribution in [3.05, 3.63) is 29.3 Å². The van der Waals surface area contributed by atoms with Gasteiger partial charge in [-0.25, -0.2) is 0 Å². The highest BCUT2D eigenvalue weighted by Crippen LogP contribution is 2.35. The number of fused-ring (bicyclic) bond motifs is 1. The highest BCUT2D eigenvalue weighted by atomic mass is 16.5. The number of hydrogen-bond donors (Lipinski definition) is 2. The number of benzene rings is 1. The molecule has 0 aromatic heterocycles. The van der Waals surface area contributed by atoms with E-state index in [1.54, 1.807) is 7.11 Å². The first-order chi connectivity index (χ1) is 10.3. The lowest BCUT2D eigenvalue weighted by Gasteiger charge is -2.25. The Hall–Kier alpha value is -2.01. The summed E-state index contributed by atoms with van der Waals surface area (Å²) >= 11 is 0. The maximum atomic E-state index is 12.3. The van der Waals surface area contributed by atoms with Crippen molar-refractivity contribution < 1.29 is 14.3 Å². The van der Waals surface area contributed by atoms with Gasteiger partial charge in [-0.05, 0) is 31.5 Å². The molecule has 1 amide bonds. The molecule has 21 heavy (non-hydrogen) atoms. The minimum absolute atomic E-state index is 0.0443. The maximum absolute atomic E-state index is 12.3. The molecule has 1 aromatic carbocycles. The fraction of sp³-hybridized carbons (Fsp3) is 0.438. The SMILES string of the molecule is COc1cccc2c1OCC(C(=O)N[C@H]1CCCNC1)=C2. The Morgan fingerprint density at radius 2 is 2.38 bits per heavy atom. The van der Waals surface area contributed by atoms with Crippen LogP contribution >= 0.6 is 0 Å². The van der Waals surface area contributed by atoms with Crippen molar-refractivity contribution >= 4 is 12.0 Å². The van der Waals surface area contributed by atoms with Crippen LogP contribution in [0.4, 0.5) is 0 Å². The van der Waals surface area contributed by atoms with Gasteiger partial charge in [-0.15, -0.1) is 0 Å². The molecule has 0 aliphatic carbocycles. The van der Waals surface area contributed by atoms with Crippen LogP contribution in [0.5, 0.6) is 11.5 Å². The van der Waals surface area contributed by atoms with E-state index in [-0.39, 0.29) is 18.6 Å². The Kier molecular flexibility index (Phi) is 4.10. The smallest absolute Gasteiger partial charge is 0.250 e. The van der Waals surface area contributed by atoms with Gasteiger partial charge in [0.05, 0.1) is 12.7 Å². The predicted octanol–water partition coefficient (Wildman–Crippen LogP) is 1.34. The lowest BCUT2D eigenvalue weighted by atomic mass is 10.0. The van der Waals surface area contributed by atoms with Crippen LogP contribution in [-0.2, 0) is 4.79 Å². The number of methoxy groups -OCH3 is 1. The van der Waals surface area contributed by atoms with E-state index in [4.69, 9.17) is 9.47 Å². The monoisotopic (exact) mass is 288 g/mol. The van der Waals surface area contributed by atoms with Crippen molar-refractivity contribution in [2.24, 2.45) is 0 Å². The van der Waals surface area contributed by atoms with Crippen molar-refractivity contribution in [1.29, 1.82) is 0 Å². The van der Waals surface area contributed by atoms with Gasteiger partial charge in [0.1, 0.15) is 6.61 Å². The van der Waals surface area contributed by atoms with Gasteiger partial charge in [0.2, 0.25) is 0 Å². The summed E-state index contributed by atoms with van der Waals surface area (Å²) in [6, 6.07) is 5.88. The Morgan fingerprint density at radius 3 is 3.14 bits per heavy atom. The van der Waals surface area contributed by atoms with Gasteiger partial charge in [0.25, 0.3) is 5.91 Å². The topological polar surface area (TPSA) is 59.6 Å². The number of piperidine rings is 1. The molecule has 0 bridgehead atoms. The van der Waals surface area contributed by atoms with E-state index in [0.29, 0.717) is 17.1 Å². The summed E-state index contributed by atoms with van der Waals surface area (Å²) < 4.78 is 11.0. The predicted molar refractivity (Wildman–Crippen MR) is 80.5 cm³/mol. The number of hydrogen-bond acceptors (Lipinski definition) is 4. The molecule has 1 aromatic rings. The number of carbonyl (C=O) groups is 1. The summed E-state index contributed by atoms with van der Waals surface area (Å²) in [4.78, 5) is 12.3. The summed E-state index contributed by atoms with van der Waals surface area (Å²) in [5.41, 5.74) is 1.54. The summed E-state index contributed by atoms with van der Waals surface area (Å²) in [6.45, 7) is 2.15. The zero-order valence-electron chi connectivity index (χ0n) is 12.1. The van der Waals surface area contributed by atoms with Crippen molar-refractivity contribution in [3.8, 4) is 11.5 Å². The molecule has 112 valence electrons. The number of para-hydroxylation sites is 1. The Bertz CT molecular complexity index is 563. The van der Waals surface area contributed by atoms with E-state index in [1.807, 2.05) is 24.3 Å². The first-order valence-electron chi connectivity index (χ1n) is 7.30. The number of rotatable bonds is 3. The molecule has 1 atom stereocenters. The Labute approximate surface area is 124 Å². The van der Waals surface area contributed by atoms with Gasteiger partial charge in [0.15, 0.2) is 11.5 Å². The lowest BCUT2D eigenvalue weighted by molar-refractivity contribution is -0.118. The number of carbonyl (C=O) groups excluding carboxylic acids is 1. The van der Waals surface area contributed by atoms with Crippen LogP contribution in [0, 0.1) is 0 Å². The zero-order valence-corrected chi connectivity index (χ0v) is 12.1. The number of ether oxygens (including phenoxy) is 2. The normalized spacial score (nSPS) is 20.8. The first kappa shape index (κ1) is 13.9. The average molecular weight is 288 g/mol. The van der Waals surface area contributed by atoms with Crippen LogP contribution in [0.3, 0.4) is 0 Å². The van der Waals surface area contributed by atoms with Crippen LogP contribution in [0.15, 0.2) is 23.8 Å². The second-order valence-electron chi connectivity index (χ2n) is 5.35. The van der Waals surface area contributed by atoms with Crippen LogP contribution in [0.1, 0.15) is 18.4 Å². The molecule has 0 saturated carbocycles. The van der Waals surface area contributed by atoms with Crippen molar-refractivity contribution in [2.75, 3.05) is 26.8 Å². The minimum Gasteiger partial charge on any atom is -0.493 e. The van der Waals surface area contributed by atoms with Crippen molar-refractivity contribution in [3.63, 3.8) is 0 Å². The highest BCUT2D eigenvalue weighted by molar-refractivity contribution is 5.99. The first-order valence-corrected chi connectivity index (χ1v) is 7.30. The molecule has 2 aliphatic heterocycles. The van der Waals surface area contributed by atoms with E-state index in [2.05, 4.69) is 10.6 Å². The standard InChI is InChI=1S/C16H20N2O3/c1-20-14-6-2-4-11-8-12(10-21-15(11)14)16(19)18-13-5-3-7-17-9-13/h2,4,6,8,13,17H,3,5,7,9-10H2,1H3,(H,18,19)/t13-/m0/s1. The lowest BCUT2D eigenvalue weighted by Crippen LogP contribution is -2.46. The summed E-state index contributed by atoms with van der Waals surface area (Å²) in [5, 5.41) is 6.36. The molecule has 1 saturated heterocycles. The van der Waals surface area contributed by atoms with Crippen molar-refractivity contribution in [1.82, 2.24) is 10.6 Å². The Balaban J connectivity index is 1.73. The van der Waals surface area contributed by atoms with Crippen LogP contribution in [0.25, 0.3) is 6.08 Å². The summed E-state index contributed by atoms with van der Waals surface area (Å²) in [6.07, 6.45) is 4.00. The van der Waals surface area contributed by atoms with Gasteiger partial charge >= 0.3 is 0 Å². The van der Waals surface area contributed by atoms with Gasteiger partial charge in [-0.2, -0.15) is 0 Å². The second kappa shape index (κ2) is 6.18. The molecule has 5 nitrogen and oxygen atoms in total. The largest absolute Gasteiger partial charge is 0.493 e. The third-order valence-corrected chi connectivity index (χ3v) is 3.85. The molecule has 2 aliphatic rings. The summed E-state index contributed by atoms with van der Waals surface area (Å²) in [5.74, 6) is 1.35. The number of nitrogens with one attached hydrogen (secondary N) is 2. The molecule has 0 spiro atoms. The van der Waals surface area contributed by atoms with Crippen molar-refractivity contribution in [2.45, 2.75) is 18.9 Å². The van der Waals surface area contributed by atoms with Gasteiger partial charge < -0.3 is 20.1 Å². The fourth-order valence-electron chi connectivity index (χ4n) is 2.73. The van der Waals surface area contributed by atoms with E-state index in [0.717, 1.165) is 31.5 Å². The molecular formula is C16H20N2O3.